The molecule has 0 aliphatic heterocycles. The first-order valence-corrected chi connectivity index (χ1v) is 9.38. The van der Waals surface area contributed by atoms with Gasteiger partial charge in [-0.15, -0.1) is 0 Å². The van der Waals surface area contributed by atoms with Crippen LogP contribution in [0, 0.1) is 5.92 Å². The minimum atomic E-state index is -0.699. The van der Waals surface area contributed by atoms with E-state index in [-0.39, 0.29) is 11.8 Å². The van der Waals surface area contributed by atoms with E-state index in [4.69, 9.17) is 16.3 Å². The quantitative estimate of drug-likeness (QED) is 0.698. The van der Waals surface area contributed by atoms with Crippen molar-refractivity contribution in [3.63, 3.8) is 0 Å². The molecule has 2 amide bonds. The Bertz CT molecular complexity index is 793. The molecule has 1 atom stereocenters. The maximum Gasteiger partial charge on any atom is 0.265 e. The average molecular weight is 389 g/mol. The highest BCUT2D eigenvalue weighted by molar-refractivity contribution is 6.30. The molecular weight excluding hydrogens is 364 g/mol. The Morgan fingerprint density at radius 1 is 1.11 bits per heavy atom. The number of nitrogens with one attached hydrogen (secondary N) is 2. The van der Waals surface area contributed by atoms with Gasteiger partial charge in [-0.2, -0.15) is 0 Å². The van der Waals surface area contributed by atoms with Crippen molar-refractivity contribution in [2.45, 2.75) is 33.3 Å². The second-order valence-corrected chi connectivity index (χ2v) is 7.05. The summed E-state index contributed by atoms with van der Waals surface area (Å²) in [6, 6.07) is 13.8. The predicted molar refractivity (Wildman–Crippen MR) is 108 cm³/mol. The van der Waals surface area contributed by atoms with Crippen LogP contribution >= 0.6 is 11.6 Å². The van der Waals surface area contributed by atoms with Crippen LogP contribution in [-0.2, 0) is 4.79 Å². The maximum absolute atomic E-state index is 12.7. The number of benzene rings is 2. The molecule has 0 heterocycles. The van der Waals surface area contributed by atoms with E-state index in [1.165, 1.54) is 0 Å². The van der Waals surface area contributed by atoms with E-state index in [9.17, 15) is 9.59 Å². The SMILES string of the molecule is CC[C@@H](Oc1cccc(Cl)c1)C(=O)Nc1ccccc1C(=O)NCC(C)C. The molecule has 0 spiro atoms. The molecule has 0 saturated carbocycles. The van der Waals surface area contributed by atoms with Gasteiger partial charge in [0, 0.05) is 11.6 Å². The zero-order valence-electron chi connectivity index (χ0n) is 15.8. The van der Waals surface area contributed by atoms with Gasteiger partial charge in [0.05, 0.1) is 11.3 Å². The number of hydrogen-bond acceptors (Lipinski definition) is 3. The molecule has 0 aliphatic carbocycles. The summed E-state index contributed by atoms with van der Waals surface area (Å²) in [6.45, 7) is 6.46. The number of rotatable bonds is 8. The number of carbonyl (C=O) groups is 2. The van der Waals surface area contributed by atoms with Crippen molar-refractivity contribution in [3.05, 3.63) is 59.1 Å². The molecule has 2 aromatic rings. The summed E-state index contributed by atoms with van der Waals surface area (Å²) in [5, 5.41) is 6.21. The van der Waals surface area contributed by atoms with E-state index in [1.807, 2.05) is 20.8 Å². The summed E-state index contributed by atoms with van der Waals surface area (Å²) < 4.78 is 5.76. The van der Waals surface area contributed by atoms with Crippen LogP contribution in [0.15, 0.2) is 48.5 Å². The van der Waals surface area contributed by atoms with Crippen LogP contribution in [0.5, 0.6) is 5.75 Å². The van der Waals surface area contributed by atoms with E-state index in [1.54, 1.807) is 48.5 Å². The fourth-order valence-electron chi connectivity index (χ4n) is 2.42. The van der Waals surface area contributed by atoms with Crippen molar-refractivity contribution in [2.75, 3.05) is 11.9 Å². The second-order valence-electron chi connectivity index (χ2n) is 6.61. The molecule has 0 fully saturated rings. The molecule has 6 heteroatoms. The largest absolute Gasteiger partial charge is 0.481 e. The van der Waals surface area contributed by atoms with Gasteiger partial charge >= 0.3 is 0 Å². The van der Waals surface area contributed by atoms with Crippen molar-refractivity contribution in [1.29, 1.82) is 0 Å². The highest BCUT2D eigenvalue weighted by atomic mass is 35.5. The van der Waals surface area contributed by atoms with Crippen molar-refractivity contribution in [1.82, 2.24) is 5.32 Å². The summed E-state index contributed by atoms with van der Waals surface area (Å²) in [5.41, 5.74) is 0.876. The number of amides is 2. The molecule has 0 bridgehead atoms. The summed E-state index contributed by atoms with van der Waals surface area (Å²) in [4.78, 5) is 25.1. The molecule has 0 aliphatic rings. The fourth-order valence-corrected chi connectivity index (χ4v) is 2.60. The number of carbonyl (C=O) groups excluding carboxylic acids is 2. The van der Waals surface area contributed by atoms with Crippen LogP contribution in [0.25, 0.3) is 0 Å². The zero-order valence-corrected chi connectivity index (χ0v) is 16.5. The maximum atomic E-state index is 12.7. The predicted octanol–water partition coefficient (Wildman–Crippen LogP) is 4.52. The van der Waals surface area contributed by atoms with Crippen LogP contribution in [-0.4, -0.2) is 24.5 Å². The Kier molecular flexibility index (Phi) is 7.67. The minimum Gasteiger partial charge on any atom is -0.481 e. The van der Waals surface area contributed by atoms with Gasteiger partial charge in [0.15, 0.2) is 6.10 Å². The van der Waals surface area contributed by atoms with E-state index in [2.05, 4.69) is 10.6 Å². The number of ether oxygens (including phenoxy) is 1. The molecule has 2 aromatic carbocycles. The number of para-hydroxylation sites is 1. The van der Waals surface area contributed by atoms with Gasteiger partial charge in [-0.3, -0.25) is 9.59 Å². The van der Waals surface area contributed by atoms with Gasteiger partial charge < -0.3 is 15.4 Å². The topological polar surface area (TPSA) is 67.4 Å². The van der Waals surface area contributed by atoms with Gasteiger partial charge in [-0.25, -0.2) is 0 Å². The first-order chi connectivity index (χ1) is 12.9. The molecule has 2 rings (SSSR count). The van der Waals surface area contributed by atoms with Crippen molar-refractivity contribution >= 4 is 29.1 Å². The molecule has 0 unspecified atom stereocenters. The molecule has 5 nitrogen and oxygen atoms in total. The third-order valence-electron chi connectivity index (χ3n) is 3.84. The van der Waals surface area contributed by atoms with Crippen molar-refractivity contribution < 1.29 is 14.3 Å². The normalized spacial score (nSPS) is 11.7. The molecule has 0 saturated heterocycles. The van der Waals surface area contributed by atoms with Crippen molar-refractivity contribution in [3.8, 4) is 5.75 Å². The molecular formula is C21H25ClN2O3. The Hall–Kier alpha value is -2.53. The highest BCUT2D eigenvalue weighted by Gasteiger charge is 2.21. The van der Waals surface area contributed by atoms with E-state index < -0.39 is 6.10 Å². The van der Waals surface area contributed by atoms with Crippen molar-refractivity contribution in [2.24, 2.45) is 5.92 Å². The van der Waals surface area contributed by atoms with Crippen LogP contribution in [0.4, 0.5) is 5.69 Å². The Balaban J connectivity index is 2.10. The number of anilines is 1. The summed E-state index contributed by atoms with van der Waals surface area (Å²) >= 11 is 5.96. The lowest BCUT2D eigenvalue weighted by Crippen LogP contribution is -2.34. The van der Waals surface area contributed by atoms with Gasteiger partial charge in [-0.05, 0) is 42.7 Å². The van der Waals surface area contributed by atoms with Gasteiger partial charge in [0.25, 0.3) is 11.8 Å². The Labute approximate surface area is 165 Å². The molecule has 0 radical (unpaired) electrons. The van der Waals surface area contributed by atoms with E-state index in [0.29, 0.717) is 40.9 Å². The number of hydrogen-bond donors (Lipinski definition) is 2. The van der Waals surface area contributed by atoms with Gasteiger partial charge in [0.2, 0.25) is 0 Å². The highest BCUT2D eigenvalue weighted by Crippen LogP contribution is 2.21. The zero-order chi connectivity index (χ0) is 19.8. The minimum absolute atomic E-state index is 0.219. The lowest BCUT2D eigenvalue weighted by Gasteiger charge is -2.19. The van der Waals surface area contributed by atoms with E-state index in [0.717, 1.165) is 0 Å². The third kappa shape index (κ3) is 6.29. The number of halogens is 1. The first-order valence-electron chi connectivity index (χ1n) is 9.01. The van der Waals surface area contributed by atoms with Crippen LogP contribution in [0.3, 0.4) is 0 Å². The first kappa shape index (κ1) is 20.8. The summed E-state index contributed by atoms with van der Waals surface area (Å²) in [6.07, 6.45) is -0.227. The van der Waals surface area contributed by atoms with Gasteiger partial charge in [0.1, 0.15) is 5.75 Å². The Morgan fingerprint density at radius 3 is 2.52 bits per heavy atom. The standard InChI is InChI=1S/C21H25ClN2O3/c1-4-19(27-16-9-7-8-15(22)12-16)21(26)24-18-11-6-5-10-17(18)20(25)23-13-14(2)3/h5-12,14,19H,4,13H2,1-3H3,(H,23,25)(H,24,26)/t19-/m1/s1. The van der Waals surface area contributed by atoms with Gasteiger partial charge in [-0.1, -0.05) is 50.6 Å². The molecule has 27 heavy (non-hydrogen) atoms. The monoisotopic (exact) mass is 388 g/mol. The smallest absolute Gasteiger partial charge is 0.265 e. The molecule has 2 N–H and O–H groups in total. The molecule has 0 aromatic heterocycles. The third-order valence-corrected chi connectivity index (χ3v) is 4.07. The Morgan fingerprint density at radius 2 is 1.85 bits per heavy atom. The lowest BCUT2D eigenvalue weighted by atomic mass is 10.1. The summed E-state index contributed by atoms with van der Waals surface area (Å²) in [5.74, 6) is 0.323. The van der Waals surface area contributed by atoms with E-state index >= 15 is 0 Å². The summed E-state index contributed by atoms with van der Waals surface area (Å²) in [7, 11) is 0. The van der Waals surface area contributed by atoms with Crippen LogP contribution < -0.4 is 15.4 Å². The fraction of sp³-hybridized carbons (Fsp3) is 0.333. The second kappa shape index (κ2) is 9.97. The van der Waals surface area contributed by atoms with Crippen LogP contribution in [0.1, 0.15) is 37.6 Å². The lowest BCUT2D eigenvalue weighted by molar-refractivity contribution is -0.122. The molecule has 144 valence electrons. The average Bonchev–Trinajstić information content (AvgIpc) is 2.64. The van der Waals surface area contributed by atoms with Crippen LogP contribution in [0.2, 0.25) is 5.02 Å².